The number of hydrogen-bond donors (Lipinski definition) is 3. The summed E-state index contributed by atoms with van der Waals surface area (Å²) in [5.74, 6) is -0.194. The maximum Gasteiger partial charge on any atom is 0.315 e. The predicted molar refractivity (Wildman–Crippen MR) is 98.4 cm³/mol. The van der Waals surface area contributed by atoms with E-state index in [1.807, 2.05) is 26.0 Å². The van der Waals surface area contributed by atoms with Crippen molar-refractivity contribution in [3.05, 3.63) is 72.1 Å². The Morgan fingerprint density at radius 1 is 1.12 bits per heavy atom. The zero-order valence-corrected chi connectivity index (χ0v) is 14.4. The highest BCUT2D eigenvalue weighted by atomic mass is 16.2. The van der Waals surface area contributed by atoms with Crippen LogP contribution in [0.15, 0.2) is 60.9 Å². The van der Waals surface area contributed by atoms with Crippen molar-refractivity contribution in [1.82, 2.24) is 15.6 Å². The molecule has 0 fully saturated rings. The van der Waals surface area contributed by atoms with Gasteiger partial charge in [0.2, 0.25) is 0 Å². The highest BCUT2D eigenvalue weighted by Crippen LogP contribution is 2.16. The first kappa shape index (κ1) is 18.2. The van der Waals surface area contributed by atoms with Crippen molar-refractivity contribution < 1.29 is 9.59 Å². The van der Waals surface area contributed by atoms with Crippen LogP contribution in [0.5, 0.6) is 0 Å². The van der Waals surface area contributed by atoms with E-state index in [0.29, 0.717) is 17.8 Å². The highest BCUT2D eigenvalue weighted by Gasteiger charge is 2.10. The van der Waals surface area contributed by atoms with Crippen LogP contribution in [0.1, 0.15) is 35.8 Å². The number of nitrogens with one attached hydrogen (secondary N) is 3. The van der Waals surface area contributed by atoms with Gasteiger partial charge in [0.1, 0.15) is 0 Å². The Balaban J connectivity index is 1.91. The van der Waals surface area contributed by atoms with Gasteiger partial charge in [-0.2, -0.15) is 0 Å². The van der Waals surface area contributed by atoms with Crippen LogP contribution in [0, 0.1) is 0 Å². The van der Waals surface area contributed by atoms with Gasteiger partial charge in [-0.3, -0.25) is 9.78 Å². The smallest absolute Gasteiger partial charge is 0.315 e. The first-order valence-corrected chi connectivity index (χ1v) is 7.96. The molecular formula is C19H22N4O2. The normalized spacial score (nSPS) is 11.3. The van der Waals surface area contributed by atoms with E-state index in [2.05, 4.69) is 27.5 Å². The van der Waals surface area contributed by atoms with Crippen molar-refractivity contribution >= 4 is 17.6 Å². The van der Waals surface area contributed by atoms with Crippen LogP contribution in [0.25, 0.3) is 0 Å². The minimum atomic E-state index is -0.245. The Hall–Kier alpha value is -3.15. The molecule has 0 saturated heterocycles. The molecule has 0 aliphatic heterocycles. The predicted octanol–water partition coefficient (Wildman–Crippen LogP) is 3.27. The molecule has 25 heavy (non-hydrogen) atoms. The van der Waals surface area contributed by atoms with Crippen molar-refractivity contribution in [2.24, 2.45) is 0 Å². The number of aromatic nitrogens is 1. The van der Waals surface area contributed by atoms with E-state index in [1.165, 1.54) is 0 Å². The summed E-state index contributed by atoms with van der Waals surface area (Å²) >= 11 is 0. The second kappa shape index (κ2) is 8.63. The van der Waals surface area contributed by atoms with Crippen molar-refractivity contribution in [2.75, 3.05) is 11.9 Å². The molecule has 130 valence electrons. The molecule has 0 aliphatic carbocycles. The summed E-state index contributed by atoms with van der Waals surface area (Å²) < 4.78 is 0. The van der Waals surface area contributed by atoms with E-state index in [9.17, 15) is 9.59 Å². The lowest BCUT2D eigenvalue weighted by Crippen LogP contribution is -2.37. The van der Waals surface area contributed by atoms with Crippen LogP contribution in [0.4, 0.5) is 10.5 Å². The van der Waals surface area contributed by atoms with Gasteiger partial charge in [0.15, 0.2) is 0 Å². The van der Waals surface area contributed by atoms with Gasteiger partial charge in [-0.15, -0.1) is 0 Å². The largest absolute Gasteiger partial charge is 0.334 e. The van der Waals surface area contributed by atoms with Crippen molar-refractivity contribution in [2.45, 2.75) is 19.9 Å². The molecule has 1 heterocycles. The molecule has 1 aromatic heterocycles. The SMILES string of the molecule is C=C(C)CNC(=O)N[C@H](C)c1ccc(NC(=O)c2ccncc2)cc1. The van der Waals surface area contributed by atoms with Gasteiger partial charge in [-0.1, -0.05) is 24.3 Å². The van der Waals surface area contributed by atoms with E-state index in [-0.39, 0.29) is 18.0 Å². The lowest BCUT2D eigenvalue weighted by atomic mass is 10.1. The zero-order valence-electron chi connectivity index (χ0n) is 14.4. The number of rotatable bonds is 6. The molecule has 6 heteroatoms. The van der Waals surface area contributed by atoms with Gasteiger partial charge in [-0.25, -0.2) is 4.79 Å². The fraction of sp³-hybridized carbons (Fsp3) is 0.211. The summed E-state index contributed by atoms with van der Waals surface area (Å²) in [6.07, 6.45) is 3.15. The molecule has 0 radical (unpaired) electrons. The number of carbonyl (C=O) groups excluding carboxylic acids is 2. The Kier molecular flexibility index (Phi) is 6.28. The van der Waals surface area contributed by atoms with E-state index >= 15 is 0 Å². The molecule has 2 aromatic rings. The minimum absolute atomic E-state index is 0.157. The summed E-state index contributed by atoms with van der Waals surface area (Å²) in [5, 5.41) is 8.40. The fourth-order valence-corrected chi connectivity index (χ4v) is 2.12. The number of amides is 3. The lowest BCUT2D eigenvalue weighted by molar-refractivity contribution is 0.102. The van der Waals surface area contributed by atoms with Crippen LogP contribution < -0.4 is 16.0 Å². The standard InChI is InChI=1S/C19H22N4O2/c1-13(2)12-21-19(25)22-14(3)15-4-6-17(7-5-15)23-18(24)16-8-10-20-11-9-16/h4-11,14H,1,12H2,2-3H3,(H,23,24)(H2,21,22,25)/t14-/m1/s1. The third-order valence-electron chi connectivity index (χ3n) is 3.51. The third kappa shape index (κ3) is 5.76. The average molecular weight is 338 g/mol. The molecule has 6 nitrogen and oxygen atoms in total. The Morgan fingerprint density at radius 3 is 2.36 bits per heavy atom. The van der Waals surface area contributed by atoms with E-state index in [1.54, 1.807) is 36.7 Å². The number of benzene rings is 1. The molecule has 0 bridgehead atoms. The Morgan fingerprint density at radius 2 is 1.76 bits per heavy atom. The van der Waals surface area contributed by atoms with Crippen LogP contribution in [-0.4, -0.2) is 23.5 Å². The summed E-state index contributed by atoms with van der Waals surface area (Å²) in [6.45, 7) is 7.93. The van der Waals surface area contributed by atoms with Crippen molar-refractivity contribution in [3.8, 4) is 0 Å². The van der Waals surface area contributed by atoms with Gasteiger partial charge in [0, 0.05) is 30.2 Å². The molecule has 1 aromatic carbocycles. The van der Waals surface area contributed by atoms with Crippen molar-refractivity contribution in [1.29, 1.82) is 0 Å². The molecule has 2 rings (SSSR count). The molecular weight excluding hydrogens is 316 g/mol. The quantitative estimate of drug-likeness (QED) is 0.707. The first-order valence-electron chi connectivity index (χ1n) is 7.96. The molecule has 0 aliphatic rings. The maximum absolute atomic E-state index is 12.1. The third-order valence-corrected chi connectivity index (χ3v) is 3.51. The second-order valence-corrected chi connectivity index (χ2v) is 5.82. The first-order chi connectivity index (χ1) is 12.0. The van der Waals surface area contributed by atoms with E-state index in [0.717, 1.165) is 11.1 Å². The van der Waals surface area contributed by atoms with Gasteiger partial charge >= 0.3 is 6.03 Å². The van der Waals surface area contributed by atoms with Crippen LogP contribution >= 0.6 is 0 Å². The van der Waals surface area contributed by atoms with Crippen LogP contribution in [-0.2, 0) is 0 Å². The summed E-state index contributed by atoms with van der Waals surface area (Å²) in [6, 6.07) is 10.2. The number of hydrogen-bond acceptors (Lipinski definition) is 3. The molecule has 0 saturated carbocycles. The summed E-state index contributed by atoms with van der Waals surface area (Å²) in [4.78, 5) is 27.8. The molecule has 3 amide bonds. The van der Waals surface area contributed by atoms with Gasteiger partial charge < -0.3 is 16.0 Å². The number of pyridine rings is 1. The Labute approximate surface area is 147 Å². The minimum Gasteiger partial charge on any atom is -0.334 e. The number of carbonyl (C=O) groups is 2. The molecule has 0 spiro atoms. The number of anilines is 1. The van der Waals surface area contributed by atoms with Gasteiger partial charge in [0.05, 0.1) is 6.04 Å². The van der Waals surface area contributed by atoms with Crippen LogP contribution in [0.2, 0.25) is 0 Å². The topological polar surface area (TPSA) is 83.1 Å². The van der Waals surface area contributed by atoms with Gasteiger partial charge in [0.25, 0.3) is 5.91 Å². The number of nitrogens with zero attached hydrogens (tertiary/aromatic N) is 1. The molecule has 1 atom stereocenters. The molecule has 0 unspecified atom stereocenters. The molecule has 3 N–H and O–H groups in total. The van der Waals surface area contributed by atoms with Crippen LogP contribution in [0.3, 0.4) is 0 Å². The number of urea groups is 1. The average Bonchev–Trinajstić information content (AvgIpc) is 2.61. The Bertz CT molecular complexity index is 742. The zero-order chi connectivity index (χ0) is 18.2. The highest BCUT2D eigenvalue weighted by molar-refractivity contribution is 6.04. The lowest BCUT2D eigenvalue weighted by Gasteiger charge is -2.15. The van der Waals surface area contributed by atoms with Crippen molar-refractivity contribution in [3.63, 3.8) is 0 Å². The monoisotopic (exact) mass is 338 g/mol. The fourth-order valence-electron chi connectivity index (χ4n) is 2.12. The van der Waals surface area contributed by atoms with E-state index < -0.39 is 0 Å². The second-order valence-electron chi connectivity index (χ2n) is 5.82. The summed E-state index contributed by atoms with van der Waals surface area (Å²) in [7, 11) is 0. The maximum atomic E-state index is 12.1. The van der Waals surface area contributed by atoms with E-state index in [4.69, 9.17) is 0 Å². The summed E-state index contributed by atoms with van der Waals surface area (Å²) in [5.41, 5.74) is 3.05. The van der Waals surface area contributed by atoms with Gasteiger partial charge in [-0.05, 0) is 43.7 Å².